The lowest BCUT2D eigenvalue weighted by Crippen LogP contribution is -2.16. The van der Waals surface area contributed by atoms with Crippen LogP contribution < -0.4 is 5.43 Å². The van der Waals surface area contributed by atoms with E-state index in [0.29, 0.717) is 6.54 Å². The average molecular weight is 177 g/mol. The third-order valence-corrected chi connectivity index (χ3v) is 2.96. The van der Waals surface area contributed by atoms with Gasteiger partial charge in [-0.15, -0.1) is 0 Å². The highest BCUT2D eigenvalue weighted by atomic mass is 15.3. The second-order valence-electron chi connectivity index (χ2n) is 4.14. The maximum Gasteiger partial charge on any atom is 0.0672 e. The molecule has 0 radical (unpaired) electrons. The number of rotatable bonds is 3. The molecule has 0 saturated heterocycles. The third-order valence-electron chi connectivity index (χ3n) is 2.96. The van der Waals surface area contributed by atoms with E-state index in [-0.39, 0.29) is 5.92 Å². The Balaban J connectivity index is 1.75. The summed E-state index contributed by atoms with van der Waals surface area (Å²) in [5, 5.41) is 12.9. The van der Waals surface area contributed by atoms with Gasteiger partial charge in [0.15, 0.2) is 0 Å². The molecule has 3 heteroatoms. The molecule has 2 fully saturated rings. The van der Waals surface area contributed by atoms with Crippen molar-refractivity contribution in [3.05, 3.63) is 0 Å². The Morgan fingerprint density at radius 1 is 1.77 bits per heavy atom. The molecular formula is C10H15N3. The van der Waals surface area contributed by atoms with Crippen molar-refractivity contribution in [3.63, 3.8) is 0 Å². The number of hydrazone groups is 1. The quantitative estimate of drug-likeness (QED) is 0.664. The molecule has 1 unspecified atom stereocenters. The third kappa shape index (κ3) is 1.82. The summed E-state index contributed by atoms with van der Waals surface area (Å²) in [4.78, 5) is 0. The lowest BCUT2D eigenvalue weighted by Gasteiger charge is -2.03. The summed E-state index contributed by atoms with van der Waals surface area (Å²) < 4.78 is 0. The monoisotopic (exact) mass is 177 g/mol. The molecule has 2 rings (SSSR count). The molecule has 0 heterocycles. The van der Waals surface area contributed by atoms with E-state index in [1.807, 2.05) is 6.92 Å². The molecule has 0 spiro atoms. The van der Waals surface area contributed by atoms with Gasteiger partial charge >= 0.3 is 0 Å². The SMILES string of the molecule is CC(C#N)CN/N=C1/CC[C@H]2C[C@@H]12. The van der Waals surface area contributed by atoms with E-state index in [1.54, 1.807) is 0 Å². The van der Waals surface area contributed by atoms with Crippen molar-refractivity contribution in [2.75, 3.05) is 6.54 Å². The number of nitriles is 1. The zero-order valence-corrected chi connectivity index (χ0v) is 7.95. The van der Waals surface area contributed by atoms with Gasteiger partial charge in [0, 0.05) is 18.2 Å². The smallest absolute Gasteiger partial charge is 0.0672 e. The Bertz CT molecular complexity index is 264. The Kier molecular flexibility index (Phi) is 2.22. The van der Waals surface area contributed by atoms with E-state index >= 15 is 0 Å². The van der Waals surface area contributed by atoms with Gasteiger partial charge in [0.2, 0.25) is 0 Å². The van der Waals surface area contributed by atoms with E-state index in [1.165, 1.54) is 25.0 Å². The molecule has 2 saturated carbocycles. The lowest BCUT2D eigenvalue weighted by atomic mass is 10.2. The number of fused-ring (bicyclic) bond motifs is 1. The van der Waals surface area contributed by atoms with Crippen LogP contribution in [0.25, 0.3) is 0 Å². The van der Waals surface area contributed by atoms with Crippen LogP contribution in [0.2, 0.25) is 0 Å². The van der Waals surface area contributed by atoms with Crippen LogP contribution >= 0.6 is 0 Å². The summed E-state index contributed by atoms with van der Waals surface area (Å²) in [5.41, 5.74) is 4.34. The Morgan fingerprint density at radius 2 is 2.62 bits per heavy atom. The molecule has 0 aliphatic heterocycles. The molecule has 2 aliphatic carbocycles. The van der Waals surface area contributed by atoms with Crippen molar-refractivity contribution in [1.29, 1.82) is 5.26 Å². The Morgan fingerprint density at radius 3 is 3.15 bits per heavy atom. The Labute approximate surface area is 78.8 Å². The molecule has 0 aromatic rings. The van der Waals surface area contributed by atoms with Gasteiger partial charge in [0.05, 0.1) is 12.0 Å². The van der Waals surface area contributed by atoms with Crippen LogP contribution in [0.4, 0.5) is 0 Å². The molecule has 3 atom stereocenters. The first-order chi connectivity index (χ1) is 6.31. The molecule has 13 heavy (non-hydrogen) atoms. The second-order valence-corrected chi connectivity index (χ2v) is 4.14. The number of nitrogens with one attached hydrogen (secondary N) is 1. The predicted molar refractivity (Wildman–Crippen MR) is 51.0 cm³/mol. The number of hydrogen-bond donors (Lipinski definition) is 1. The summed E-state index contributed by atoms with van der Waals surface area (Å²) in [6, 6.07) is 2.18. The van der Waals surface area contributed by atoms with Gasteiger partial charge in [0.25, 0.3) is 0 Å². The van der Waals surface area contributed by atoms with E-state index in [2.05, 4.69) is 16.6 Å². The fourth-order valence-corrected chi connectivity index (χ4v) is 1.96. The summed E-state index contributed by atoms with van der Waals surface area (Å²) in [6.07, 6.45) is 3.86. The summed E-state index contributed by atoms with van der Waals surface area (Å²) in [5.74, 6) is 1.81. The maximum absolute atomic E-state index is 8.55. The predicted octanol–water partition coefficient (Wildman–Crippen LogP) is 1.52. The first-order valence-electron chi connectivity index (χ1n) is 5.00. The van der Waals surface area contributed by atoms with Crippen molar-refractivity contribution in [3.8, 4) is 6.07 Å². The van der Waals surface area contributed by atoms with Crippen LogP contribution in [-0.4, -0.2) is 12.3 Å². The van der Waals surface area contributed by atoms with Gasteiger partial charge in [-0.25, -0.2) is 0 Å². The van der Waals surface area contributed by atoms with Crippen molar-refractivity contribution in [2.45, 2.75) is 26.2 Å². The van der Waals surface area contributed by atoms with Crippen LogP contribution in [0.3, 0.4) is 0 Å². The lowest BCUT2D eigenvalue weighted by molar-refractivity contribution is 0.624. The van der Waals surface area contributed by atoms with Crippen molar-refractivity contribution in [2.24, 2.45) is 22.9 Å². The van der Waals surface area contributed by atoms with Crippen LogP contribution in [0, 0.1) is 29.1 Å². The fourth-order valence-electron chi connectivity index (χ4n) is 1.96. The molecule has 70 valence electrons. The number of hydrogen-bond acceptors (Lipinski definition) is 3. The standard InChI is InChI=1S/C10H15N3/c1-7(5-11)6-12-13-10-3-2-8-4-9(8)10/h7-9,12H,2-4,6H2,1H3/b13-10-/t7?,8-,9+/m0/s1. The summed E-state index contributed by atoms with van der Waals surface area (Å²) >= 11 is 0. The molecule has 0 bridgehead atoms. The topological polar surface area (TPSA) is 48.2 Å². The van der Waals surface area contributed by atoms with Crippen molar-refractivity contribution < 1.29 is 0 Å². The van der Waals surface area contributed by atoms with Gasteiger partial charge in [0.1, 0.15) is 0 Å². The van der Waals surface area contributed by atoms with Gasteiger partial charge in [-0.2, -0.15) is 10.4 Å². The molecule has 0 aromatic carbocycles. The van der Waals surface area contributed by atoms with Gasteiger partial charge in [-0.1, -0.05) is 0 Å². The zero-order chi connectivity index (χ0) is 9.26. The minimum absolute atomic E-state index is 0.0563. The van der Waals surface area contributed by atoms with E-state index in [9.17, 15) is 0 Å². The van der Waals surface area contributed by atoms with E-state index < -0.39 is 0 Å². The molecule has 0 amide bonds. The first kappa shape index (κ1) is 8.55. The van der Waals surface area contributed by atoms with Gasteiger partial charge < -0.3 is 5.43 Å². The van der Waals surface area contributed by atoms with Crippen LogP contribution in [0.5, 0.6) is 0 Å². The second kappa shape index (κ2) is 3.37. The highest BCUT2D eigenvalue weighted by molar-refractivity contribution is 5.91. The Hall–Kier alpha value is -1.04. The molecule has 1 N–H and O–H groups in total. The molecule has 0 aromatic heterocycles. The highest BCUT2D eigenvalue weighted by Crippen LogP contribution is 2.49. The minimum Gasteiger partial charge on any atom is -0.309 e. The van der Waals surface area contributed by atoms with Gasteiger partial charge in [-0.05, 0) is 32.1 Å². The van der Waals surface area contributed by atoms with Crippen LogP contribution in [-0.2, 0) is 0 Å². The first-order valence-corrected chi connectivity index (χ1v) is 5.00. The molecule has 2 aliphatic rings. The van der Waals surface area contributed by atoms with Crippen molar-refractivity contribution >= 4 is 5.71 Å². The highest BCUT2D eigenvalue weighted by Gasteiger charge is 2.45. The minimum atomic E-state index is 0.0563. The molecular weight excluding hydrogens is 162 g/mol. The summed E-state index contributed by atoms with van der Waals surface area (Å²) in [6.45, 7) is 2.58. The molecule has 3 nitrogen and oxygen atoms in total. The normalized spacial score (nSPS) is 35.2. The largest absolute Gasteiger partial charge is 0.309 e. The fraction of sp³-hybridized carbons (Fsp3) is 0.800. The van der Waals surface area contributed by atoms with Crippen molar-refractivity contribution in [1.82, 2.24) is 5.43 Å². The zero-order valence-electron chi connectivity index (χ0n) is 7.95. The maximum atomic E-state index is 8.55. The van der Waals surface area contributed by atoms with E-state index in [0.717, 1.165) is 11.8 Å². The van der Waals surface area contributed by atoms with Gasteiger partial charge in [-0.3, -0.25) is 0 Å². The summed E-state index contributed by atoms with van der Waals surface area (Å²) in [7, 11) is 0. The van der Waals surface area contributed by atoms with Crippen LogP contribution in [0.15, 0.2) is 5.10 Å². The van der Waals surface area contributed by atoms with E-state index in [4.69, 9.17) is 5.26 Å². The number of nitrogens with zero attached hydrogens (tertiary/aromatic N) is 2. The average Bonchev–Trinajstić information content (AvgIpc) is 2.83. The van der Waals surface area contributed by atoms with Crippen LogP contribution in [0.1, 0.15) is 26.2 Å².